The maximum absolute atomic E-state index is 13.5. The van der Waals surface area contributed by atoms with Crippen LogP contribution in [0.2, 0.25) is 0 Å². The molecule has 3 rings (SSSR count). The summed E-state index contributed by atoms with van der Waals surface area (Å²) in [5.74, 6) is 0.344. The molecule has 2 aromatic rings. The van der Waals surface area contributed by atoms with Gasteiger partial charge in [0.25, 0.3) is 9.84 Å². The number of nitrogens with two attached hydrogens (primary N) is 1. The van der Waals surface area contributed by atoms with Gasteiger partial charge >= 0.3 is 11.6 Å². The van der Waals surface area contributed by atoms with E-state index in [0.29, 0.717) is 44.3 Å². The van der Waals surface area contributed by atoms with Crippen LogP contribution in [0, 0.1) is 0 Å². The molecule has 1 fully saturated rings. The summed E-state index contributed by atoms with van der Waals surface area (Å²) in [6, 6.07) is 10.7. The Morgan fingerprint density at radius 2 is 1.84 bits per heavy atom. The van der Waals surface area contributed by atoms with Crippen molar-refractivity contribution in [3.8, 4) is 0 Å². The van der Waals surface area contributed by atoms with Gasteiger partial charge in [-0.05, 0) is 43.2 Å². The SMILES string of the molecule is NS(=O)(=O)c1ccc(N[C@H](CCN2CC[C@H](NC(=O)O)C2)CSc2ccccc2)c(S(=O)(=O)C(F)(F)F)c1. The zero-order valence-electron chi connectivity index (χ0n) is 19.9. The molecule has 0 unspecified atom stereocenters. The van der Waals surface area contributed by atoms with Crippen LogP contribution in [0.1, 0.15) is 12.8 Å². The first-order valence-corrected chi connectivity index (χ1v) is 15.3. The summed E-state index contributed by atoms with van der Waals surface area (Å²) in [5.41, 5.74) is -6.07. The predicted molar refractivity (Wildman–Crippen MR) is 136 cm³/mol. The van der Waals surface area contributed by atoms with E-state index in [1.807, 2.05) is 35.2 Å². The van der Waals surface area contributed by atoms with Gasteiger partial charge < -0.3 is 20.6 Å². The van der Waals surface area contributed by atoms with Crippen molar-refractivity contribution in [1.82, 2.24) is 10.2 Å². The number of carboxylic acid groups (broad SMARTS) is 1. The number of benzene rings is 2. The van der Waals surface area contributed by atoms with E-state index in [-0.39, 0.29) is 6.04 Å². The minimum Gasteiger partial charge on any atom is -0.465 e. The fourth-order valence-electron chi connectivity index (χ4n) is 3.94. The van der Waals surface area contributed by atoms with E-state index in [0.717, 1.165) is 17.0 Å². The average Bonchev–Trinajstić information content (AvgIpc) is 3.26. The van der Waals surface area contributed by atoms with E-state index in [2.05, 4.69) is 10.6 Å². The molecule has 210 valence electrons. The van der Waals surface area contributed by atoms with Crippen molar-refractivity contribution >= 4 is 43.4 Å². The van der Waals surface area contributed by atoms with E-state index >= 15 is 0 Å². The van der Waals surface area contributed by atoms with Crippen LogP contribution in [0.25, 0.3) is 0 Å². The molecule has 0 bridgehead atoms. The molecule has 2 aromatic carbocycles. The minimum absolute atomic E-state index is 0.244. The molecule has 0 saturated carbocycles. The average molecular weight is 597 g/mol. The number of anilines is 1. The number of hydrogen-bond acceptors (Lipinski definition) is 8. The van der Waals surface area contributed by atoms with Crippen LogP contribution in [0.15, 0.2) is 63.2 Å². The highest BCUT2D eigenvalue weighted by atomic mass is 32.2. The van der Waals surface area contributed by atoms with Crippen molar-refractivity contribution in [2.24, 2.45) is 5.14 Å². The number of alkyl halides is 3. The third-order valence-electron chi connectivity index (χ3n) is 5.82. The highest BCUT2D eigenvalue weighted by Crippen LogP contribution is 2.36. The molecule has 0 aromatic heterocycles. The molecular weight excluding hydrogens is 569 g/mol. The van der Waals surface area contributed by atoms with Gasteiger partial charge in [-0.1, -0.05) is 18.2 Å². The molecule has 0 spiro atoms. The Bertz CT molecular complexity index is 1340. The molecule has 1 amide bonds. The number of nitrogens with one attached hydrogen (secondary N) is 2. The van der Waals surface area contributed by atoms with Crippen LogP contribution >= 0.6 is 11.8 Å². The predicted octanol–water partition coefficient (Wildman–Crippen LogP) is 2.93. The monoisotopic (exact) mass is 596 g/mol. The summed E-state index contributed by atoms with van der Waals surface area (Å²) in [7, 11) is -10.4. The van der Waals surface area contributed by atoms with E-state index in [4.69, 9.17) is 10.2 Å². The number of nitrogens with zero attached hydrogens (tertiary/aromatic N) is 1. The molecule has 16 heteroatoms. The molecule has 1 heterocycles. The Morgan fingerprint density at radius 1 is 1.16 bits per heavy atom. The number of amides is 1. The lowest BCUT2D eigenvalue weighted by Crippen LogP contribution is -2.37. The molecule has 0 aliphatic carbocycles. The normalized spacial score (nSPS) is 17.7. The van der Waals surface area contributed by atoms with Gasteiger partial charge in [-0.3, -0.25) is 0 Å². The van der Waals surface area contributed by atoms with E-state index < -0.39 is 53.0 Å². The second-order valence-corrected chi connectivity index (χ2v) is 13.2. The van der Waals surface area contributed by atoms with Gasteiger partial charge in [0.05, 0.1) is 10.6 Å². The third-order valence-corrected chi connectivity index (χ3v) is 9.44. The number of likely N-dealkylation sites (tertiary alicyclic amines) is 1. The maximum atomic E-state index is 13.5. The Balaban J connectivity index is 1.87. The highest BCUT2D eigenvalue weighted by Gasteiger charge is 2.48. The fourth-order valence-corrected chi connectivity index (χ4v) is 6.50. The Labute approximate surface area is 222 Å². The summed E-state index contributed by atoms with van der Waals surface area (Å²) < 4.78 is 88.5. The van der Waals surface area contributed by atoms with E-state index in [1.54, 1.807) is 0 Å². The summed E-state index contributed by atoms with van der Waals surface area (Å²) >= 11 is 1.41. The van der Waals surface area contributed by atoms with Gasteiger partial charge in [-0.25, -0.2) is 26.8 Å². The number of sulfonamides is 1. The Kier molecular flexibility index (Phi) is 9.57. The first kappa shape index (κ1) is 30.0. The summed E-state index contributed by atoms with van der Waals surface area (Å²) in [6.45, 7) is 1.53. The Hall–Kier alpha value is -2.53. The first-order chi connectivity index (χ1) is 17.7. The third kappa shape index (κ3) is 7.99. The molecular formula is C22H27F3N4O6S3. The zero-order valence-corrected chi connectivity index (χ0v) is 22.3. The van der Waals surface area contributed by atoms with Gasteiger partial charge in [0.1, 0.15) is 4.90 Å². The number of thioether (sulfide) groups is 1. The molecule has 38 heavy (non-hydrogen) atoms. The lowest BCUT2D eigenvalue weighted by Gasteiger charge is -2.25. The van der Waals surface area contributed by atoms with Crippen LogP contribution in [-0.2, 0) is 19.9 Å². The highest BCUT2D eigenvalue weighted by molar-refractivity contribution is 7.99. The van der Waals surface area contributed by atoms with Gasteiger partial charge in [-0.15, -0.1) is 11.8 Å². The maximum Gasteiger partial charge on any atom is 0.501 e. The molecule has 2 atom stereocenters. The van der Waals surface area contributed by atoms with Crippen molar-refractivity contribution < 1.29 is 39.9 Å². The number of primary sulfonamides is 1. The first-order valence-electron chi connectivity index (χ1n) is 11.3. The second-order valence-electron chi connectivity index (χ2n) is 8.64. The summed E-state index contributed by atoms with van der Waals surface area (Å²) in [5, 5.41) is 19.2. The lowest BCUT2D eigenvalue weighted by molar-refractivity contribution is -0.0435. The standard InChI is InChI=1S/C22H27F3N4O6S3/c23-22(24,25)37(32,33)20-12-18(38(26,34)35)6-7-19(20)27-16(14-36-17-4-2-1-3-5-17)9-11-29-10-8-15(13-29)28-21(30)31/h1-7,12,15-16,27-28H,8-11,13-14H2,(H,30,31)(H2,26,34,35)/t15-,16+/m0/s1. The number of hydrogen-bond donors (Lipinski definition) is 4. The minimum atomic E-state index is -5.92. The number of carbonyl (C=O) groups is 1. The van der Waals surface area contributed by atoms with Crippen molar-refractivity contribution in [3.63, 3.8) is 0 Å². The van der Waals surface area contributed by atoms with Crippen molar-refractivity contribution in [2.75, 3.05) is 30.7 Å². The smallest absolute Gasteiger partial charge is 0.465 e. The van der Waals surface area contributed by atoms with Gasteiger partial charge in [0, 0.05) is 42.4 Å². The van der Waals surface area contributed by atoms with Crippen molar-refractivity contribution in [2.45, 2.75) is 45.1 Å². The molecule has 5 N–H and O–H groups in total. The van der Waals surface area contributed by atoms with Crippen molar-refractivity contribution in [3.05, 3.63) is 48.5 Å². The second kappa shape index (κ2) is 12.1. The molecule has 1 aliphatic rings. The largest absolute Gasteiger partial charge is 0.501 e. The summed E-state index contributed by atoms with van der Waals surface area (Å²) in [6.07, 6.45) is -0.147. The molecule has 1 aliphatic heterocycles. The zero-order chi connectivity index (χ0) is 28.1. The topological polar surface area (TPSA) is 159 Å². The molecule has 10 nitrogen and oxygen atoms in total. The van der Waals surface area contributed by atoms with Gasteiger partial charge in [-0.2, -0.15) is 13.2 Å². The van der Waals surface area contributed by atoms with Crippen LogP contribution in [0.3, 0.4) is 0 Å². The van der Waals surface area contributed by atoms with Crippen LogP contribution in [0.5, 0.6) is 0 Å². The van der Waals surface area contributed by atoms with Crippen LogP contribution in [-0.4, -0.2) is 75.9 Å². The Morgan fingerprint density at radius 3 is 2.45 bits per heavy atom. The van der Waals surface area contributed by atoms with Crippen molar-refractivity contribution in [1.29, 1.82) is 0 Å². The van der Waals surface area contributed by atoms with Crippen LogP contribution < -0.4 is 15.8 Å². The number of halogens is 3. The van der Waals surface area contributed by atoms with Gasteiger partial charge in [0.2, 0.25) is 10.0 Å². The van der Waals surface area contributed by atoms with E-state index in [1.165, 1.54) is 11.8 Å². The summed E-state index contributed by atoms with van der Waals surface area (Å²) in [4.78, 5) is 11.8. The number of sulfone groups is 1. The fraction of sp³-hybridized carbons (Fsp3) is 0.409. The molecule has 1 saturated heterocycles. The number of rotatable bonds is 11. The van der Waals surface area contributed by atoms with Crippen LogP contribution in [0.4, 0.5) is 23.7 Å². The molecule has 0 radical (unpaired) electrons. The quantitative estimate of drug-likeness (QED) is 0.286. The lowest BCUT2D eigenvalue weighted by atomic mass is 10.2. The van der Waals surface area contributed by atoms with Gasteiger partial charge in [0.15, 0.2) is 0 Å². The van der Waals surface area contributed by atoms with E-state index in [9.17, 15) is 34.8 Å².